The molecular weight excluding hydrogens is 350 g/mol. The van der Waals surface area contributed by atoms with Gasteiger partial charge in [0.2, 0.25) is 0 Å². The largest absolute Gasteiger partial charge is 0.379 e. The quantitative estimate of drug-likeness (QED) is 0.595. The van der Waals surface area contributed by atoms with E-state index in [9.17, 15) is 0 Å². The lowest BCUT2D eigenvalue weighted by Gasteiger charge is -2.39. The monoisotopic (exact) mass is 387 g/mol. The predicted molar refractivity (Wildman–Crippen MR) is 116 cm³/mol. The lowest BCUT2D eigenvalue weighted by Crippen LogP contribution is -2.56. The minimum absolute atomic E-state index is 0.514. The minimum atomic E-state index is 0.514. The summed E-state index contributed by atoms with van der Waals surface area (Å²) in [5, 5.41) is 3.66. The Morgan fingerprint density at radius 2 is 1.71 bits per heavy atom. The van der Waals surface area contributed by atoms with Gasteiger partial charge in [-0.3, -0.25) is 14.8 Å². The molecule has 1 atom stereocenters. The number of hydrogen-bond donors (Lipinski definition) is 1. The summed E-state index contributed by atoms with van der Waals surface area (Å²) in [6.07, 6.45) is 0. The van der Waals surface area contributed by atoms with E-state index >= 15 is 0 Å². The molecule has 0 aromatic heterocycles. The Kier molecular flexibility index (Phi) is 8.13. The molecule has 0 bridgehead atoms. The van der Waals surface area contributed by atoms with Crippen molar-refractivity contribution in [1.29, 1.82) is 0 Å². The van der Waals surface area contributed by atoms with Gasteiger partial charge in [0.1, 0.15) is 0 Å². The third kappa shape index (κ3) is 5.93. The summed E-state index contributed by atoms with van der Waals surface area (Å²) in [5.41, 5.74) is 1.39. The minimum Gasteiger partial charge on any atom is -0.379 e. The third-order valence-corrected chi connectivity index (χ3v) is 5.89. The van der Waals surface area contributed by atoms with Crippen LogP contribution in [0.15, 0.2) is 35.3 Å². The molecule has 2 fully saturated rings. The summed E-state index contributed by atoms with van der Waals surface area (Å²) in [5.74, 6) is 1.64. The van der Waals surface area contributed by atoms with Crippen LogP contribution < -0.4 is 5.32 Å². The molecule has 1 aromatic rings. The summed E-state index contributed by atoms with van der Waals surface area (Å²) >= 11 is 0. The van der Waals surface area contributed by atoms with Crippen molar-refractivity contribution >= 4 is 5.96 Å². The standard InChI is InChI=1S/C22H37N5O/c1-19(2)21(26-13-15-28-16-14-26)17-24-22(23-3)27-11-9-25(10-12-27)18-20-7-5-4-6-8-20/h4-8,19,21H,9-18H2,1-3H3,(H,23,24). The number of hydrogen-bond acceptors (Lipinski definition) is 4. The highest BCUT2D eigenvalue weighted by Crippen LogP contribution is 2.13. The van der Waals surface area contributed by atoms with Crippen molar-refractivity contribution in [2.45, 2.75) is 26.4 Å². The molecule has 2 heterocycles. The smallest absolute Gasteiger partial charge is 0.193 e. The number of morpholine rings is 1. The summed E-state index contributed by atoms with van der Waals surface area (Å²) < 4.78 is 5.53. The lowest BCUT2D eigenvalue weighted by atomic mass is 10.0. The molecule has 0 aliphatic carbocycles. The van der Waals surface area contributed by atoms with E-state index in [0.29, 0.717) is 12.0 Å². The van der Waals surface area contributed by atoms with Crippen LogP contribution in [0.5, 0.6) is 0 Å². The molecule has 156 valence electrons. The highest BCUT2D eigenvalue weighted by atomic mass is 16.5. The van der Waals surface area contributed by atoms with Crippen LogP contribution >= 0.6 is 0 Å². The Morgan fingerprint density at radius 3 is 2.32 bits per heavy atom. The molecule has 0 radical (unpaired) electrons. The zero-order chi connectivity index (χ0) is 19.8. The molecule has 1 N–H and O–H groups in total. The number of nitrogens with zero attached hydrogens (tertiary/aromatic N) is 4. The highest BCUT2D eigenvalue weighted by Gasteiger charge is 2.25. The molecule has 0 saturated carbocycles. The van der Waals surface area contributed by atoms with Gasteiger partial charge in [0.25, 0.3) is 0 Å². The van der Waals surface area contributed by atoms with Crippen LogP contribution in [0.25, 0.3) is 0 Å². The van der Waals surface area contributed by atoms with E-state index in [4.69, 9.17) is 4.74 Å². The van der Waals surface area contributed by atoms with Crippen LogP contribution in [0.4, 0.5) is 0 Å². The topological polar surface area (TPSA) is 43.3 Å². The van der Waals surface area contributed by atoms with E-state index < -0.39 is 0 Å². The van der Waals surface area contributed by atoms with Crippen molar-refractivity contribution in [2.75, 3.05) is 66.1 Å². The molecule has 1 aromatic carbocycles. The molecule has 2 aliphatic rings. The SMILES string of the molecule is CN=C(NCC(C(C)C)N1CCOCC1)N1CCN(Cc2ccccc2)CC1. The van der Waals surface area contributed by atoms with Crippen LogP contribution in [-0.4, -0.2) is 92.8 Å². The number of nitrogens with one attached hydrogen (secondary N) is 1. The fourth-order valence-corrected chi connectivity index (χ4v) is 4.18. The predicted octanol–water partition coefficient (Wildman–Crippen LogP) is 1.74. The molecule has 1 unspecified atom stereocenters. The van der Waals surface area contributed by atoms with Gasteiger partial charge in [0.05, 0.1) is 13.2 Å². The van der Waals surface area contributed by atoms with Gasteiger partial charge in [-0.15, -0.1) is 0 Å². The number of piperazine rings is 1. The van der Waals surface area contributed by atoms with Crippen molar-refractivity contribution in [3.8, 4) is 0 Å². The van der Waals surface area contributed by atoms with Crippen LogP contribution in [0, 0.1) is 5.92 Å². The first kappa shape index (κ1) is 21.1. The van der Waals surface area contributed by atoms with Crippen molar-refractivity contribution in [1.82, 2.24) is 20.0 Å². The Hall–Kier alpha value is -1.63. The zero-order valence-electron chi connectivity index (χ0n) is 17.8. The third-order valence-electron chi connectivity index (χ3n) is 5.89. The average Bonchev–Trinajstić information content (AvgIpc) is 2.73. The van der Waals surface area contributed by atoms with Gasteiger partial charge in [0.15, 0.2) is 5.96 Å². The molecule has 3 rings (SSSR count). The van der Waals surface area contributed by atoms with Crippen LogP contribution in [-0.2, 0) is 11.3 Å². The van der Waals surface area contributed by atoms with E-state index in [1.165, 1.54) is 5.56 Å². The van der Waals surface area contributed by atoms with Crippen molar-refractivity contribution in [2.24, 2.45) is 10.9 Å². The van der Waals surface area contributed by atoms with E-state index in [0.717, 1.165) is 71.5 Å². The van der Waals surface area contributed by atoms with Gasteiger partial charge in [0, 0.05) is 65.4 Å². The van der Waals surface area contributed by atoms with Crippen molar-refractivity contribution in [3.63, 3.8) is 0 Å². The van der Waals surface area contributed by atoms with Gasteiger partial charge in [-0.2, -0.15) is 0 Å². The summed E-state index contributed by atoms with van der Waals surface area (Å²) in [7, 11) is 1.90. The maximum atomic E-state index is 5.53. The molecule has 2 aliphatic heterocycles. The summed E-state index contributed by atoms with van der Waals surface area (Å²) in [4.78, 5) is 12.1. The van der Waals surface area contributed by atoms with Gasteiger partial charge < -0.3 is 15.0 Å². The fourth-order valence-electron chi connectivity index (χ4n) is 4.18. The maximum Gasteiger partial charge on any atom is 0.193 e. The van der Waals surface area contributed by atoms with Crippen LogP contribution in [0.3, 0.4) is 0 Å². The first-order valence-electron chi connectivity index (χ1n) is 10.7. The van der Waals surface area contributed by atoms with E-state index in [-0.39, 0.29) is 0 Å². The van der Waals surface area contributed by atoms with Crippen molar-refractivity contribution < 1.29 is 4.74 Å². The maximum absolute atomic E-state index is 5.53. The number of ether oxygens (including phenoxy) is 1. The Labute approximate surface area is 170 Å². The second-order valence-corrected chi connectivity index (χ2v) is 8.14. The van der Waals surface area contributed by atoms with Gasteiger partial charge in [-0.25, -0.2) is 0 Å². The van der Waals surface area contributed by atoms with Gasteiger partial charge >= 0.3 is 0 Å². The van der Waals surface area contributed by atoms with E-state index in [1.54, 1.807) is 0 Å². The Bertz CT molecular complexity index is 592. The number of benzene rings is 1. The van der Waals surface area contributed by atoms with Crippen LogP contribution in [0.1, 0.15) is 19.4 Å². The molecule has 2 saturated heterocycles. The highest BCUT2D eigenvalue weighted by molar-refractivity contribution is 5.80. The van der Waals surface area contributed by atoms with E-state index in [2.05, 4.69) is 69.2 Å². The molecule has 6 heteroatoms. The Morgan fingerprint density at radius 1 is 1.04 bits per heavy atom. The summed E-state index contributed by atoms with van der Waals surface area (Å²) in [6.45, 7) is 14.6. The average molecular weight is 388 g/mol. The van der Waals surface area contributed by atoms with Gasteiger partial charge in [-0.1, -0.05) is 44.2 Å². The second-order valence-electron chi connectivity index (χ2n) is 8.14. The van der Waals surface area contributed by atoms with E-state index in [1.807, 2.05) is 7.05 Å². The second kappa shape index (κ2) is 10.8. The number of aliphatic imine (C=N–C) groups is 1. The van der Waals surface area contributed by atoms with Crippen molar-refractivity contribution in [3.05, 3.63) is 35.9 Å². The molecule has 0 amide bonds. The van der Waals surface area contributed by atoms with Crippen LogP contribution in [0.2, 0.25) is 0 Å². The molecule has 0 spiro atoms. The zero-order valence-corrected chi connectivity index (χ0v) is 17.8. The first-order chi connectivity index (χ1) is 13.7. The Balaban J connectivity index is 1.47. The fraction of sp³-hybridized carbons (Fsp3) is 0.682. The number of guanidine groups is 1. The summed E-state index contributed by atoms with van der Waals surface area (Å²) in [6, 6.07) is 11.3. The first-order valence-corrected chi connectivity index (χ1v) is 10.7. The number of rotatable bonds is 6. The lowest BCUT2D eigenvalue weighted by molar-refractivity contribution is 0.00735. The normalized spacial score (nSPS) is 21.1. The van der Waals surface area contributed by atoms with Gasteiger partial charge in [-0.05, 0) is 11.5 Å². The molecular formula is C22H37N5O. The molecule has 28 heavy (non-hydrogen) atoms. The molecule has 6 nitrogen and oxygen atoms in total.